The maximum atomic E-state index is 12.9. The molecule has 1 aliphatic rings. The van der Waals surface area contributed by atoms with Crippen molar-refractivity contribution in [3.63, 3.8) is 0 Å². The van der Waals surface area contributed by atoms with Crippen molar-refractivity contribution in [1.29, 1.82) is 0 Å². The van der Waals surface area contributed by atoms with Gasteiger partial charge in [0.2, 0.25) is 5.78 Å². The molecule has 0 aliphatic carbocycles. The van der Waals surface area contributed by atoms with Gasteiger partial charge in [-0.2, -0.15) is 5.10 Å². The second-order valence-corrected chi connectivity index (χ2v) is 6.83. The average Bonchev–Trinajstić information content (AvgIpc) is 3.27. The van der Waals surface area contributed by atoms with Crippen molar-refractivity contribution >= 4 is 11.7 Å². The molecule has 8 heteroatoms. The Morgan fingerprint density at radius 3 is 2.79 bits per heavy atom. The Kier molecular flexibility index (Phi) is 4.08. The van der Waals surface area contributed by atoms with Gasteiger partial charge in [-0.05, 0) is 11.6 Å². The lowest BCUT2D eigenvalue weighted by atomic mass is 10.1. The molecule has 1 amide bonds. The van der Waals surface area contributed by atoms with E-state index in [1.54, 1.807) is 16.8 Å². The summed E-state index contributed by atoms with van der Waals surface area (Å²) in [5.74, 6) is 2.20. The molecule has 5 rings (SSSR count). The van der Waals surface area contributed by atoms with Crippen LogP contribution in [0.25, 0.3) is 5.78 Å². The predicted molar refractivity (Wildman–Crippen MR) is 102 cm³/mol. The minimum absolute atomic E-state index is 0.0826. The van der Waals surface area contributed by atoms with Gasteiger partial charge in [0.15, 0.2) is 5.82 Å². The van der Waals surface area contributed by atoms with E-state index in [-0.39, 0.29) is 5.91 Å². The molecule has 4 heterocycles. The molecule has 0 N–H and O–H groups in total. The SMILES string of the molecule is O=C(c1cn2cccnc2n1)N1CCc2nc(Cc3ccccc3)nn2CC1. The van der Waals surface area contributed by atoms with E-state index >= 15 is 0 Å². The zero-order chi connectivity index (χ0) is 18.9. The third-order valence-corrected chi connectivity index (χ3v) is 4.93. The van der Waals surface area contributed by atoms with Crippen LogP contribution in [0.15, 0.2) is 55.0 Å². The van der Waals surface area contributed by atoms with Crippen LogP contribution in [0.4, 0.5) is 0 Å². The third-order valence-electron chi connectivity index (χ3n) is 4.93. The first-order valence-electron chi connectivity index (χ1n) is 9.32. The highest BCUT2D eigenvalue weighted by molar-refractivity contribution is 5.92. The summed E-state index contributed by atoms with van der Waals surface area (Å²) in [6.07, 6.45) is 6.63. The van der Waals surface area contributed by atoms with Gasteiger partial charge >= 0.3 is 0 Å². The summed E-state index contributed by atoms with van der Waals surface area (Å²) in [7, 11) is 0. The molecule has 4 aromatic rings. The molecule has 0 unspecified atom stereocenters. The quantitative estimate of drug-likeness (QED) is 0.545. The normalized spacial score (nSPS) is 14.1. The van der Waals surface area contributed by atoms with Crippen LogP contribution in [-0.2, 0) is 19.4 Å². The van der Waals surface area contributed by atoms with Gasteiger partial charge < -0.3 is 4.90 Å². The lowest BCUT2D eigenvalue weighted by Crippen LogP contribution is -2.34. The van der Waals surface area contributed by atoms with Crippen LogP contribution in [0.3, 0.4) is 0 Å². The second-order valence-electron chi connectivity index (χ2n) is 6.83. The molecule has 0 fully saturated rings. The first-order chi connectivity index (χ1) is 13.8. The van der Waals surface area contributed by atoms with Crippen LogP contribution in [0.1, 0.15) is 27.7 Å². The maximum Gasteiger partial charge on any atom is 0.274 e. The van der Waals surface area contributed by atoms with E-state index < -0.39 is 0 Å². The van der Waals surface area contributed by atoms with Crippen molar-refractivity contribution in [3.05, 3.63) is 77.9 Å². The van der Waals surface area contributed by atoms with Crippen LogP contribution < -0.4 is 0 Å². The fraction of sp³-hybridized carbons (Fsp3) is 0.250. The van der Waals surface area contributed by atoms with E-state index in [1.165, 1.54) is 5.56 Å². The van der Waals surface area contributed by atoms with Crippen LogP contribution in [-0.4, -0.2) is 53.0 Å². The number of fused-ring (bicyclic) bond motifs is 2. The number of carbonyl (C=O) groups excluding carboxylic acids is 1. The van der Waals surface area contributed by atoms with Crippen molar-refractivity contribution in [2.45, 2.75) is 19.4 Å². The highest BCUT2D eigenvalue weighted by Crippen LogP contribution is 2.13. The van der Waals surface area contributed by atoms with Gasteiger partial charge in [0.1, 0.15) is 11.5 Å². The standard InChI is InChI=1S/C20H19N7O/c28-19(16-14-26-9-4-8-21-20(26)22-16)25-10-7-18-23-17(24-27(18)12-11-25)13-15-5-2-1-3-6-15/h1-6,8-9,14H,7,10-13H2. The smallest absolute Gasteiger partial charge is 0.274 e. The van der Waals surface area contributed by atoms with Gasteiger partial charge in [-0.15, -0.1) is 0 Å². The van der Waals surface area contributed by atoms with E-state index in [0.29, 0.717) is 37.5 Å². The van der Waals surface area contributed by atoms with Gasteiger partial charge in [0.25, 0.3) is 5.91 Å². The van der Waals surface area contributed by atoms with E-state index in [2.05, 4.69) is 27.2 Å². The molecule has 28 heavy (non-hydrogen) atoms. The number of aromatic nitrogens is 6. The van der Waals surface area contributed by atoms with E-state index in [9.17, 15) is 4.79 Å². The molecule has 1 aromatic carbocycles. The number of nitrogens with zero attached hydrogens (tertiary/aromatic N) is 7. The van der Waals surface area contributed by atoms with Crippen LogP contribution in [0, 0.1) is 0 Å². The molecule has 0 radical (unpaired) electrons. The van der Waals surface area contributed by atoms with Gasteiger partial charge in [-0.3, -0.25) is 9.20 Å². The second kappa shape index (κ2) is 6.88. The monoisotopic (exact) mass is 373 g/mol. The summed E-state index contributed by atoms with van der Waals surface area (Å²) in [4.78, 5) is 27.9. The molecule has 0 bridgehead atoms. The summed E-state index contributed by atoms with van der Waals surface area (Å²) in [5.41, 5.74) is 1.61. The Hall–Kier alpha value is -3.55. The molecule has 0 saturated heterocycles. The Bertz CT molecular complexity index is 1070. The summed E-state index contributed by atoms with van der Waals surface area (Å²) in [6, 6.07) is 12.0. The number of hydrogen-bond donors (Lipinski definition) is 0. The van der Waals surface area contributed by atoms with Crippen LogP contribution >= 0.6 is 0 Å². The Balaban J connectivity index is 1.30. The summed E-state index contributed by atoms with van der Waals surface area (Å²) in [6.45, 7) is 1.82. The van der Waals surface area contributed by atoms with Crippen molar-refractivity contribution in [3.8, 4) is 0 Å². The van der Waals surface area contributed by atoms with E-state index in [1.807, 2.05) is 40.0 Å². The largest absolute Gasteiger partial charge is 0.335 e. The van der Waals surface area contributed by atoms with Gasteiger partial charge in [0.05, 0.1) is 6.54 Å². The van der Waals surface area contributed by atoms with Crippen molar-refractivity contribution < 1.29 is 4.79 Å². The molecule has 1 aliphatic heterocycles. The Morgan fingerprint density at radius 1 is 1.04 bits per heavy atom. The maximum absolute atomic E-state index is 12.9. The van der Waals surface area contributed by atoms with Gasteiger partial charge in [0, 0.05) is 44.5 Å². The third kappa shape index (κ3) is 3.13. The number of rotatable bonds is 3. The molecular weight excluding hydrogens is 354 g/mol. The fourth-order valence-electron chi connectivity index (χ4n) is 3.50. The predicted octanol–water partition coefficient (Wildman–Crippen LogP) is 1.61. The number of benzene rings is 1. The molecule has 0 saturated carbocycles. The molecule has 0 atom stereocenters. The number of amides is 1. The lowest BCUT2D eigenvalue weighted by Gasteiger charge is -2.18. The van der Waals surface area contributed by atoms with Crippen molar-refractivity contribution in [2.75, 3.05) is 13.1 Å². The van der Waals surface area contributed by atoms with E-state index in [4.69, 9.17) is 4.98 Å². The first-order valence-corrected chi connectivity index (χ1v) is 9.32. The highest BCUT2D eigenvalue weighted by Gasteiger charge is 2.23. The molecular formula is C20H19N7O. The van der Waals surface area contributed by atoms with Crippen LogP contribution in [0.2, 0.25) is 0 Å². The van der Waals surface area contributed by atoms with E-state index in [0.717, 1.165) is 18.1 Å². The zero-order valence-electron chi connectivity index (χ0n) is 15.3. The highest BCUT2D eigenvalue weighted by atomic mass is 16.2. The fourth-order valence-corrected chi connectivity index (χ4v) is 3.50. The Labute approximate surface area is 161 Å². The molecule has 3 aromatic heterocycles. The summed E-state index contributed by atoms with van der Waals surface area (Å²) in [5, 5.41) is 4.65. The molecule has 8 nitrogen and oxygen atoms in total. The minimum Gasteiger partial charge on any atom is -0.335 e. The van der Waals surface area contributed by atoms with Gasteiger partial charge in [-0.25, -0.2) is 19.6 Å². The van der Waals surface area contributed by atoms with Crippen molar-refractivity contribution in [2.24, 2.45) is 0 Å². The lowest BCUT2D eigenvalue weighted by molar-refractivity contribution is 0.0753. The van der Waals surface area contributed by atoms with Crippen LogP contribution in [0.5, 0.6) is 0 Å². The Morgan fingerprint density at radius 2 is 1.93 bits per heavy atom. The molecule has 140 valence electrons. The summed E-state index contributed by atoms with van der Waals surface area (Å²) >= 11 is 0. The average molecular weight is 373 g/mol. The summed E-state index contributed by atoms with van der Waals surface area (Å²) < 4.78 is 3.68. The number of imidazole rings is 1. The topological polar surface area (TPSA) is 81.2 Å². The van der Waals surface area contributed by atoms with Gasteiger partial charge in [-0.1, -0.05) is 30.3 Å². The zero-order valence-corrected chi connectivity index (χ0v) is 15.3. The van der Waals surface area contributed by atoms with Crippen molar-refractivity contribution in [1.82, 2.24) is 34.0 Å². The first kappa shape index (κ1) is 16.6. The number of carbonyl (C=O) groups is 1. The number of hydrogen-bond acceptors (Lipinski definition) is 5. The minimum atomic E-state index is -0.0826. The molecule has 0 spiro atoms.